The topological polar surface area (TPSA) is 0 Å². The van der Waals surface area contributed by atoms with Crippen molar-refractivity contribution in [1.29, 1.82) is 0 Å². The second kappa shape index (κ2) is 9.50. The van der Waals surface area contributed by atoms with Crippen LogP contribution in [0.2, 0.25) is 0 Å². The zero-order valence-corrected chi connectivity index (χ0v) is 16.3. The lowest BCUT2D eigenvalue weighted by molar-refractivity contribution is 0.330. The fourth-order valence-electron chi connectivity index (χ4n) is 3.56. The first-order valence-corrected chi connectivity index (χ1v) is 10.0. The molecule has 0 radical (unpaired) electrons. The van der Waals surface area contributed by atoms with Crippen molar-refractivity contribution in [2.45, 2.75) is 51.6 Å². The molecule has 0 heterocycles. The van der Waals surface area contributed by atoms with Crippen LogP contribution in [0.5, 0.6) is 0 Å². The van der Waals surface area contributed by atoms with E-state index in [2.05, 4.69) is 67.2 Å². The van der Waals surface area contributed by atoms with Crippen molar-refractivity contribution in [3.05, 3.63) is 84.4 Å². The molecule has 0 aliphatic carbocycles. The van der Waals surface area contributed by atoms with Gasteiger partial charge in [0.25, 0.3) is 0 Å². The Bertz CT molecular complexity index is 874. The van der Waals surface area contributed by atoms with Gasteiger partial charge in [-0.05, 0) is 71.7 Å². The summed E-state index contributed by atoms with van der Waals surface area (Å²) in [6, 6.07) is 22.2. The molecular formula is C26H29F. The molecule has 1 atom stereocenters. The molecule has 1 unspecified atom stereocenters. The molecule has 140 valence electrons. The summed E-state index contributed by atoms with van der Waals surface area (Å²) in [5.74, 6) is 0. The minimum Gasteiger partial charge on any atom is -0.248 e. The Balaban J connectivity index is 1.66. The van der Waals surface area contributed by atoms with E-state index in [1.54, 1.807) is 6.92 Å². The first kappa shape index (κ1) is 19.4. The molecule has 0 aliphatic heterocycles. The summed E-state index contributed by atoms with van der Waals surface area (Å²) < 4.78 is 12.8. The average Bonchev–Trinajstić information content (AvgIpc) is 2.68. The molecule has 1 heteroatoms. The van der Waals surface area contributed by atoms with Crippen LogP contribution < -0.4 is 0 Å². The van der Waals surface area contributed by atoms with Crippen LogP contribution in [0.25, 0.3) is 21.9 Å². The number of unbranched alkanes of at least 4 members (excludes halogenated alkanes) is 2. The van der Waals surface area contributed by atoms with Gasteiger partial charge < -0.3 is 0 Å². The summed E-state index contributed by atoms with van der Waals surface area (Å²) in [6.45, 7) is 5.44. The maximum absolute atomic E-state index is 12.8. The van der Waals surface area contributed by atoms with Gasteiger partial charge in [-0.15, -0.1) is 6.58 Å². The summed E-state index contributed by atoms with van der Waals surface area (Å²) in [5.41, 5.74) is 5.16. The zero-order valence-electron chi connectivity index (χ0n) is 16.3. The van der Waals surface area contributed by atoms with Gasteiger partial charge in [-0.3, -0.25) is 0 Å². The van der Waals surface area contributed by atoms with Crippen molar-refractivity contribution in [3.63, 3.8) is 0 Å². The van der Waals surface area contributed by atoms with Crippen molar-refractivity contribution >= 4 is 10.8 Å². The Labute approximate surface area is 162 Å². The Morgan fingerprint density at radius 1 is 0.815 bits per heavy atom. The van der Waals surface area contributed by atoms with Gasteiger partial charge in [0.15, 0.2) is 0 Å². The molecule has 0 spiro atoms. The van der Waals surface area contributed by atoms with E-state index in [1.165, 1.54) is 33.0 Å². The van der Waals surface area contributed by atoms with E-state index >= 15 is 0 Å². The van der Waals surface area contributed by atoms with Crippen LogP contribution >= 0.6 is 0 Å². The van der Waals surface area contributed by atoms with Crippen LogP contribution in [0, 0.1) is 0 Å². The van der Waals surface area contributed by atoms with Crippen LogP contribution in [-0.2, 0) is 12.8 Å². The number of halogens is 1. The molecule has 0 N–H and O–H groups in total. The Kier molecular flexibility index (Phi) is 6.81. The standard InChI is InChI=1S/C26H29F/c1-3-7-21-10-13-23(14-11-21)25-17-16-24-18-22(12-15-26(24)19-25)9-6-4-5-8-20(2)27/h3,10-20H,1,4-9H2,2H3. The van der Waals surface area contributed by atoms with Gasteiger partial charge in [-0.1, -0.05) is 73.5 Å². The van der Waals surface area contributed by atoms with Crippen LogP contribution in [0.15, 0.2) is 73.3 Å². The lowest BCUT2D eigenvalue weighted by atomic mass is 9.97. The molecule has 0 bridgehead atoms. The first-order valence-electron chi connectivity index (χ1n) is 10.0. The highest BCUT2D eigenvalue weighted by molar-refractivity contribution is 5.87. The number of benzene rings is 3. The van der Waals surface area contributed by atoms with Crippen molar-refractivity contribution in [1.82, 2.24) is 0 Å². The third-order valence-corrected chi connectivity index (χ3v) is 5.14. The largest absolute Gasteiger partial charge is 0.248 e. The molecule has 3 aromatic rings. The first-order chi connectivity index (χ1) is 13.2. The Hall–Kier alpha value is -2.41. The predicted octanol–water partition coefficient (Wildman–Crippen LogP) is 7.70. The van der Waals surface area contributed by atoms with E-state index in [9.17, 15) is 4.39 Å². The summed E-state index contributed by atoms with van der Waals surface area (Å²) in [6.07, 6.45) is 7.16. The number of rotatable bonds is 9. The van der Waals surface area contributed by atoms with Gasteiger partial charge >= 0.3 is 0 Å². The molecule has 0 nitrogen and oxygen atoms in total. The van der Waals surface area contributed by atoms with E-state index in [1.807, 2.05) is 6.08 Å². The maximum atomic E-state index is 12.8. The monoisotopic (exact) mass is 360 g/mol. The highest BCUT2D eigenvalue weighted by Crippen LogP contribution is 2.26. The number of hydrogen-bond acceptors (Lipinski definition) is 0. The van der Waals surface area contributed by atoms with Gasteiger partial charge in [-0.2, -0.15) is 0 Å². The molecule has 27 heavy (non-hydrogen) atoms. The number of hydrogen-bond donors (Lipinski definition) is 0. The Morgan fingerprint density at radius 3 is 2.22 bits per heavy atom. The highest BCUT2D eigenvalue weighted by atomic mass is 19.1. The van der Waals surface area contributed by atoms with Crippen molar-refractivity contribution in [3.8, 4) is 11.1 Å². The maximum Gasteiger partial charge on any atom is 0.0973 e. The predicted molar refractivity (Wildman–Crippen MR) is 116 cm³/mol. The van der Waals surface area contributed by atoms with Crippen LogP contribution in [0.3, 0.4) is 0 Å². The normalized spacial score (nSPS) is 12.2. The average molecular weight is 361 g/mol. The highest BCUT2D eigenvalue weighted by Gasteiger charge is 2.03. The van der Waals surface area contributed by atoms with Crippen LogP contribution in [-0.4, -0.2) is 6.17 Å². The molecule has 3 rings (SSSR count). The number of aryl methyl sites for hydroxylation is 1. The van der Waals surface area contributed by atoms with Crippen molar-refractivity contribution in [2.75, 3.05) is 0 Å². The summed E-state index contributed by atoms with van der Waals surface area (Å²) >= 11 is 0. The second-order valence-corrected chi connectivity index (χ2v) is 7.47. The Morgan fingerprint density at radius 2 is 1.48 bits per heavy atom. The van der Waals surface area contributed by atoms with Crippen LogP contribution in [0.4, 0.5) is 4.39 Å². The van der Waals surface area contributed by atoms with E-state index in [0.717, 1.165) is 32.1 Å². The van der Waals surface area contributed by atoms with E-state index in [0.29, 0.717) is 6.42 Å². The second-order valence-electron chi connectivity index (χ2n) is 7.47. The van der Waals surface area contributed by atoms with E-state index < -0.39 is 6.17 Å². The van der Waals surface area contributed by atoms with Gasteiger partial charge in [0.1, 0.15) is 0 Å². The number of alkyl halides is 1. The lowest BCUT2D eigenvalue weighted by Gasteiger charge is -2.08. The molecule has 3 aromatic carbocycles. The van der Waals surface area contributed by atoms with Gasteiger partial charge in [-0.25, -0.2) is 4.39 Å². The SMILES string of the molecule is C=CCc1ccc(-c2ccc3cc(CCCCCC(C)F)ccc3c2)cc1. The summed E-state index contributed by atoms with van der Waals surface area (Å²) in [7, 11) is 0. The van der Waals surface area contributed by atoms with E-state index in [4.69, 9.17) is 0 Å². The fraction of sp³-hybridized carbons (Fsp3) is 0.308. The summed E-state index contributed by atoms with van der Waals surface area (Å²) in [5, 5.41) is 2.56. The molecule has 0 amide bonds. The van der Waals surface area contributed by atoms with Crippen molar-refractivity contribution < 1.29 is 4.39 Å². The van der Waals surface area contributed by atoms with Crippen LogP contribution in [0.1, 0.15) is 43.7 Å². The number of allylic oxidation sites excluding steroid dienone is 1. The van der Waals surface area contributed by atoms with Crippen molar-refractivity contribution in [2.24, 2.45) is 0 Å². The summed E-state index contributed by atoms with van der Waals surface area (Å²) in [4.78, 5) is 0. The molecular weight excluding hydrogens is 331 g/mol. The third-order valence-electron chi connectivity index (χ3n) is 5.14. The molecule has 0 saturated carbocycles. The molecule has 0 saturated heterocycles. The smallest absolute Gasteiger partial charge is 0.0973 e. The minimum atomic E-state index is -0.668. The van der Waals surface area contributed by atoms with Gasteiger partial charge in [0.2, 0.25) is 0 Å². The molecule has 0 fully saturated rings. The zero-order chi connectivity index (χ0) is 19.1. The quantitative estimate of drug-likeness (QED) is 0.271. The molecule has 0 aliphatic rings. The van der Waals surface area contributed by atoms with Gasteiger partial charge in [0, 0.05) is 0 Å². The van der Waals surface area contributed by atoms with Gasteiger partial charge in [0.05, 0.1) is 6.17 Å². The minimum absolute atomic E-state index is 0.668. The lowest BCUT2D eigenvalue weighted by Crippen LogP contribution is -1.92. The fourth-order valence-corrected chi connectivity index (χ4v) is 3.56. The third kappa shape index (κ3) is 5.53. The van der Waals surface area contributed by atoms with E-state index in [-0.39, 0.29) is 0 Å². The molecule has 0 aromatic heterocycles. The number of fused-ring (bicyclic) bond motifs is 1.